The van der Waals surface area contributed by atoms with E-state index in [9.17, 15) is 4.39 Å². The number of hydrogen-bond donors (Lipinski definition) is 0. The lowest BCUT2D eigenvalue weighted by molar-refractivity contribution is 0.445. The Balaban J connectivity index is 2.80. The number of rotatable bonds is 7. The smallest absolute Gasteiger partial charge is 0.0894 e. The maximum absolute atomic E-state index is 11.6. The van der Waals surface area contributed by atoms with E-state index in [1.165, 1.54) is 25.7 Å². The van der Waals surface area contributed by atoms with E-state index in [1.807, 2.05) is 0 Å². The molecule has 0 amide bonds. The fraction of sp³-hybridized carbons (Fsp3) is 1.00. The van der Waals surface area contributed by atoms with Crippen LogP contribution in [-0.2, 0) is 0 Å². The lowest BCUT2D eigenvalue weighted by Crippen LogP contribution is -1.87. The molecular formula is C10H21F. The van der Waals surface area contributed by atoms with Crippen molar-refractivity contribution < 1.29 is 4.39 Å². The van der Waals surface area contributed by atoms with Crippen LogP contribution in [0.4, 0.5) is 4.39 Å². The van der Waals surface area contributed by atoms with Crippen LogP contribution in [0.25, 0.3) is 0 Å². The minimum atomic E-state index is -0.135. The molecule has 0 aromatic carbocycles. The summed E-state index contributed by atoms with van der Waals surface area (Å²) in [6.45, 7) is 4.37. The van der Waals surface area contributed by atoms with E-state index in [0.717, 1.165) is 18.8 Å². The Labute approximate surface area is 70.2 Å². The molecule has 0 saturated heterocycles. The molecule has 0 spiro atoms. The Morgan fingerprint density at radius 1 is 0.909 bits per heavy atom. The Morgan fingerprint density at radius 2 is 1.45 bits per heavy atom. The molecule has 0 nitrogen and oxygen atoms in total. The molecule has 0 saturated carbocycles. The van der Waals surface area contributed by atoms with Crippen LogP contribution in [0.2, 0.25) is 0 Å². The molecule has 0 aliphatic heterocycles. The van der Waals surface area contributed by atoms with E-state index < -0.39 is 0 Å². The maximum atomic E-state index is 11.6. The molecule has 1 heteroatoms. The summed E-state index contributed by atoms with van der Waals surface area (Å²) >= 11 is 0. The lowest BCUT2D eigenvalue weighted by atomic mass is 10.0. The molecular weight excluding hydrogens is 139 g/mol. The van der Waals surface area contributed by atoms with Gasteiger partial charge in [-0.3, -0.25) is 4.39 Å². The van der Waals surface area contributed by atoms with Gasteiger partial charge in [-0.25, -0.2) is 0 Å². The highest BCUT2D eigenvalue weighted by Crippen LogP contribution is 2.10. The van der Waals surface area contributed by atoms with Crippen molar-refractivity contribution in [1.29, 1.82) is 0 Å². The van der Waals surface area contributed by atoms with E-state index in [-0.39, 0.29) is 6.67 Å². The minimum absolute atomic E-state index is 0.135. The SMILES string of the molecule is CC(C)CCCCCCCF. The number of hydrogen-bond acceptors (Lipinski definition) is 0. The van der Waals surface area contributed by atoms with Gasteiger partial charge < -0.3 is 0 Å². The Bertz CT molecular complexity index is 69.3. The average Bonchev–Trinajstić information content (AvgIpc) is 1.96. The molecule has 0 aliphatic rings. The molecule has 0 unspecified atom stereocenters. The van der Waals surface area contributed by atoms with Crippen molar-refractivity contribution in [2.75, 3.05) is 6.67 Å². The van der Waals surface area contributed by atoms with Crippen LogP contribution in [0.15, 0.2) is 0 Å². The lowest BCUT2D eigenvalue weighted by Gasteiger charge is -2.02. The van der Waals surface area contributed by atoms with Gasteiger partial charge in [-0.15, -0.1) is 0 Å². The third-order valence-corrected chi connectivity index (χ3v) is 1.92. The van der Waals surface area contributed by atoms with E-state index in [0.29, 0.717) is 0 Å². The summed E-state index contributed by atoms with van der Waals surface area (Å²) in [5, 5.41) is 0. The minimum Gasteiger partial charge on any atom is -0.251 e. The Hall–Kier alpha value is -0.0700. The highest BCUT2D eigenvalue weighted by Gasteiger charge is 1.93. The number of unbranched alkanes of at least 4 members (excludes halogenated alkanes) is 4. The van der Waals surface area contributed by atoms with E-state index in [4.69, 9.17) is 0 Å². The molecule has 0 N–H and O–H groups in total. The average molecular weight is 160 g/mol. The van der Waals surface area contributed by atoms with Gasteiger partial charge in [0, 0.05) is 0 Å². The van der Waals surface area contributed by atoms with Crippen molar-refractivity contribution in [1.82, 2.24) is 0 Å². The van der Waals surface area contributed by atoms with Crippen molar-refractivity contribution in [3.63, 3.8) is 0 Å². The molecule has 0 aliphatic carbocycles. The van der Waals surface area contributed by atoms with Gasteiger partial charge in [0.15, 0.2) is 0 Å². The van der Waals surface area contributed by atoms with Crippen molar-refractivity contribution in [3.05, 3.63) is 0 Å². The predicted molar refractivity (Wildman–Crippen MR) is 48.5 cm³/mol. The molecule has 0 fully saturated rings. The van der Waals surface area contributed by atoms with E-state index in [1.54, 1.807) is 0 Å². The maximum Gasteiger partial charge on any atom is 0.0894 e. The highest BCUT2D eigenvalue weighted by atomic mass is 19.1. The quantitative estimate of drug-likeness (QED) is 0.495. The van der Waals surface area contributed by atoms with Crippen molar-refractivity contribution in [2.24, 2.45) is 5.92 Å². The van der Waals surface area contributed by atoms with Gasteiger partial charge in [0.05, 0.1) is 6.67 Å². The third kappa shape index (κ3) is 9.93. The molecule has 0 aromatic heterocycles. The predicted octanol–water partition coefficient (Wildman–Crippen LogP) is 3.95. The molecule has 0 radical (unpaired) electrons. The standard InChI is InChI=1S/C10H21F/c1-10(2)8-6-4-3-5-7-9-11/h10H,3-9H2,1-2H3. The monoisotopic (exact) mass is 160 g/mol. The van der Waals surface area contributed by atoms with Crippen LogP contribution < -0.4 is 0 Å². The first-order chi connectivity index (χ1) is 5.27. The molecule has 68 valence electrons. The van der Waals surface area contributed by atoms with Gasteiger partial charge in [-0.2, -0.15) is 0 Å². The van der Waals surface area contributed by atoms with Crippen molar-refractivity contribution in [2.45, 2.75) is 52.4 Å². The molecule has 11 heavy (non-hydrogen) atoms. The van der Waals surface area contributed by atoms with Gasteiger partial charge in [-0.05, 0) is 12.3 Å². The molecule has 0 heterocycles. The fourth-order valence-corrected chi connectivity index (χ4v) is 1.18. The van der Waals surface area contributed by atoms with Crippen LogP contribution in [0.1, 0.15) is 52.4 Å². The number of alkyl halides is 1. The van der Waals surface area contributed by atoms with Crippen LogP contribution in [-0.4, -0.2) is 6.67 Å². The highest BCUT2D eigenvalue weighted by molar-refractivity contribution is 4.47. The molecule has 0 bridgehead atoms. The fourth-order valence-electron chi connectivity index (χ4n) is 1.18. The second-order valence-electron chi connectivity index (χ2n) is 3.64. The largest absolute Gasteiger partial charge is 0.251 e. The van der Waals surface area contributed by atoms with Crippen molar-refractivity contribution >= 4 is 0 Å². The van der Waals surface area contributed by atoms with Gasteiger partial charge >= 0.3 is 0 Å². The summed E-state index contributed by atoms with van der Waals surface area (Å²) in [6.07, 6.45) is 7.00. The van der Waals surface area contributed by atoms with E-state index in [2.05, 4.69) is 13.8 Å². The van der Waals surface area contributed by atoms with E-state index >= 15 is 0 Å². The van der Waals surface area contributed by atoms with Crippen molar-refractivity contribution in [3.8, 4) is 0 Å². The second kappa shape index (κ2) is 8.03. The molecule has 0 atom stereocenters. The summed E-state index contributed by atoms with van der Waals surface area (Å²) in [7, 11) is 0. The summed E-state index contributed by atoms with van der Waals surface area (Å²) in [5.41, 5.74) is 0. The zero-order chi connectivity index (χ0) is 8.53. The van der Waals surface area contributed by atoms with Crippen LogP contribution >= 0.6 is 0 Å². The van der Waals surface area contributed by atoms with Gasteiger partial charge in [0.2, 0.25) is 0 Å². The Morgan fingerprint density at radius 3 is 2.00 bits per heavy atom. The normalized spacial score (nSPS) is 10.9. The van der Waals surface area contributed by atoms with Gasteiger partial charge in [-0.1, -0.05) is 46.0 Å². The molecule has 0 aromatic rings. The zero-order valence-corrected chi connectivity index (χ0v) is 7.91. The first-order valence-electron chi connectivity index (χ1n) is 4.83. The topological polar surface area (TPSA) is 0 Å². The summed E-state index contributed by atoms with van der Waals surface area (Å²) in [6, 6.07) is 0. The number of halogens is 1. The zero-order valence-electron chi connectivity index (χ0n) is 7.91. The van der Waals surface area contributed by atoms with Gasteiger partial charge in [0.25, 0.3) is 0 Å². The second-order valence-corrected chi connectivity index (χ2v) is 3.64. The van der Waals surface area contributed by atoms with Crippen LogP contribution in [0, 0.1) is 5.92 Å². The van der Waals surface area contributed by atoms with Gasteiger partial charge in [0.1, 0.15) is 0 Å². The first kappa shape index (κ1) is 10.9. The summed E-state index contributed by atoms with van der Waals surface area (Å²) in [5.74, 6) is 0.830. The third-order valence-electron chi connectivity index (χ3n) is 1.92. The van der Waals surface area contributed by atoms with Crippen LogP contribution in [0.3, 0.4) is 0 Å². The summed E-state index contributed by atoms with van der Waals surface area (Å²) in [4.78, 5) is 0. The van der Waals surface area contributed by atoms with Crippen LogP contribution in [0.5, 0.6) is 0 Å². The summed E-state index contributed by atoms with van der Waals surface area (Å²) < 4.78 is 11.6. The first-order valence-corrected chi connectivity index (χ1v) is 4.83. The Kier molecular flexibility index (Phi) is 7.98. The molecule has 0 rings (SSSR count).